The number of methoxy groups -OCH3 is 1. The number of rotatable bonds is 4. The van der Waals surface area contributed by atoms with E-state index in [4.69, 9.17) is 9.72 Å². The van der Waals surface area contributed by atoms with Gasteiger partial charge in [-0.1, -0.05) is 45.0 Å². The van der Waals surface area contributed by atoms with Crippen LogP contribution in [-0.2, 0) is 16.8 Å². The van der Waals surface area contributed by atoms with Gasteiger partial charge in [0.1, 0.15) is 5.82 Å². The molecule has 0 radical (unpaired) electrons. The summed E-state index contributed by atoms with van der Waals surface area (Å²) >= 11 is 0. The van der Waals surface area contributed by atoms with Crippen molar-refractivity contribution in [3.8, 4) is 11.4 Å². The monoisotopic (exact) mass is 285 g/mol. The highest BCUT2D eigenvalue weighted by Crippen LogP contribution is 2.25. The fraction of sp³-hybridized carbons (Fsp3) is 0.412. The second kappa shape index (κ2) is 6.22. The standard InChI is InChI=1S/C17H23N3O/c1-17(2,3)14-10-15(18-4)20-16(19-14)13-8-6-12(7-9-13)11-21-5/h6-10H,11H2,1-5H3,(H,18,19,20). The van der Waals surface area contributed by atoms with Gasteiger partial charge in [-0.05, 0) is 5.56 Å². The lowest BCUT2D eigenvalue weighted by molar-refractivity contribution is 0.185. The molecule has 0 unspecified atom stereocenters. The van der Waals surface area contributed by atoms with Crippen molar-refractivity contribution in [2.24, 2.45) is 0 Å². The van der Waals surface area contributed by atoms with E-state index in [0.29, 0.717) is 6.61 Å². The number of hydrogen-bond donors (Lipinski definition) is 1. The minimum Gasteiger partial charge on any atom is -0.380 e. The minimum absolute atomic E-state index is 0.0146. The van der Waals surface area contributed by atoms with Gasteiger partial charge in [0.25, 0.3) is 0 Å². The smallest absolute Gasteiger partial charge is 0.161 e. The summed E-state index contributed by atoms with van der Waals surface area (Å²) in [5, 5.41) is 3.11. The first-order valence-corrected chi connectivity index (χ1v) is 7.09. The number of nitrogens with one attached hydrogen (secondary N) is 1. The molecule has 4 nitrogen and oxygen atoms in total. The molecule has 0 amide bonds. The van der Waals surface area contributed by atoms with Gasteiger partial charge in [0.15, 0.2) is 5.82 Å². The third-order valence-corrected chi connectivity index (χ3v) is 3.27. The molecule has 1 N–H and O–H groups in total. The van der Waals surface area contributed by atoms with Gasteiger partial charge in [-0.25, -0.2) is 9.97 Å². The summed E-state index contributed by atoms with van der Waals surface area (Å²) in [5.41, 5.74) is 3.16. The molecule has 1 heterocycles. The summed E-state index contributed by atoms with van der Waals surface area (Å²) in [5.74, 6) is 1.58. The molecule has 1 aromatic carbocycles. The number of anilines is 1. The molecule has 2 rings (SSSR count). The highest BCUT2D eigenvalue weighted by atomic mass is 16.5. The Labute approximate surface area is 126 Å². The Balaban J connectivity index is 2.42. The zero-order valence-corrected chi connectivity index (χ0v) is 13.4. The van der Waals surface area contributed by atoms with Crippen LogP contribution < -0.4 is 5.32 Å². The number of hydrogen-bond acceptors (Lipinski definition) is 4. The Morgan fingerprint density at radius 1 is 1.10 bits per heavy atom. The molecule has 0 aliphatic rings. The SMILES string of the molecule is CNc1cc(C(C)(C)C)nc(-c2ccc(COC)cc2)n1. The van der Waals surface area contributed by atoms with E-state index in [9.17, 15) is 0 Å². The first-order chi connectivity index (χ1) is 9.94. The predicted octanol–water partition coefficient (Wildman–Crippen LogP) is 3.63. The summed E-state index contributed by atoms with van der Waals surface area (Å²) in [7, 11) is 3.57. The largest absolute Gasteiger partial charge is 0.380 e. The first kappa shape index (κ1) is 15.4. The molecule has 4 heteroatoms. The average Bonchev–Trinajstić information content (AvgIpc) is 2.47. The molecule has 1 aromatic heterocycles. The fourth-order valence-corrected chi connectivity index (χ4v) is 2.01. The van der Waals surface area contributed by atoms with Crippen LogP contribution in [0.2, 0.25) is 0 Å². The van der Waals surface area contributed by atoms with Crippen LogP contribution in [0.25, 0.3) is 11.4 Å². The molecule has 0 saturated carbocycles. The van der Waals surface area contributed by atoms with Crippen LogP contribution in [0.1, 0.15) is 32.0 Å². The highest BCUT2D eigenvalue weighted by molar-refractivity contribution is 5.58. The van der Waals surface area contributed by atoms with Gasteiger partial charge in [-0.2, -0.15) is 0 Å². The average molecular weight is 285 g/mol. The summed E-state index contributed by atoms with van der Waals surface area (Å²) in [6, 6.07) is 10.2. The van der Waals surface area contributed by atoms with Gasteiger partial charge in [0, 0.05) is 31.2 Å². The van der Waals surface area contributed by atoms with Crippen molar-refractivity contribution in [2.75, 3.05) is 19.5 Å². The molecule has 2 aromatic rings. The van der Waals surface area contributed by atoms with Crippen molar-refractivity contribution in [1.29, 1.82) is 0 Å². The summed E-state index contributed by atoms with van der Waals surface area (Å²) in [6.45, 7) is 7.08. The van der Waals surface area contributed by atoms with E-state index in [1.807, 2.05) is 37.4 Å². The van der Waals surface area contributed by atoms with Crippen LogP contribution in [0.4, 0.5) is 5.82 Å². The molecule has 0 bridgehead atoms. The zero-order chi connectivity index (χ0) is 15.5. The van der Waals surface area contributed by atoms with E-state index in [2.05, 4.69) is 31.1 Å². The Morgan fingerprint density at radius 2 is 1.76 bits per heavy atom. The Bertz CT molecular complexity index is 600. The minimum atomic E-state index is -0.0146. The van der Waals surface area contributed by atoms with Gasteiger partial charge < -0.3 is 10.1 Å². The van der Waals surface area contributed by atoms with Gasteiger partial charge in [-0.3, -0.25) is 0 Å². The van der Waals surface area contributed by atoms with E-state index >= 15 is 0 Å². The van der Waals surface area contributed by atoms with Crippen LogP contribution in [0, 0.1) is 0 Å². The Kier molecular flexibility index (Phi) is 4.58. The predicted molar refractivity (Wildman–Crippen MR) is 86.4 cm³/mol. The van der Waals surface area contributed by atoms with Crippen molar-refractivity contribution in [1.82, 2.24) is 9.97 Å². The van der Waals surface area contributed by atoms with Gasteiger partial charge in [0.05, 0.1) is 12.3 Å². The van der Waals surface area contributed by atoms with Crippen LogP contribution in [0.5, 0.6) is 0 Å². The fourth-order valence-electron chi connectivity index (χ4n) is 2.01. The summed E-state index contributed by atoms with van der Waals surface area (Å²) in [4.78, 5) is 9.27. The maximum absolute atomic E-state index is 5.13. The maximum atomic E-state index is 5.13. The molecular weight excluding hydrogens is 262 g/mol. The van der Waals surface area contributed by atoms with E-state index in [1.165, 1.54) is 0 Å². The lowest BCUT2D eigenvalue weighted by atomic mass is 9.91. The normalized spacial score (nSPS) is 11.5. The van der Waals surface area contributed by atoms with Gasteiger partial charge >= 0.3 is 0 Å². The first-order valence-electron chi connectivity index (χ1n) is 7.09. The quantitative estimate of drug-likeness (QED) is 0.932. The van der Waals surface area contributed by atoms with Crippen LogP contribution >= 0.6 is 0 Å². The second-order valence-corrected chi connectivity index (χ2v) is 6.09. The van der Waals surface area contributed by atoms with E-state index in [-0.39, 0.29) is 5.41 Å². The van der Waals surface area contributed by atoms with Crippen molar-refractivity contribution >= 4 is 5.82 Å². The summed E-state index contributed by atoms with van der Waals surface area (Å²) in [6.07, 6.45) is 0. The zero-order valence-electron chi connectivity index (χ0n) is 13.4. The number of ether oxygens (including phenoxy) is 1. The van der Waals surface area contributed by atoms with Crippen molar-refractivity contribution in [2.45, 2.75) is 32.8 Å². The molecule has 0 atom stereocenters. The van der Waals surface area contributed by atoms with Crippen molar-refractivity contribution in [3.63, 3.8) is 0 Å². The Hall–Kier alpha value is -1.94. The number of aromatic nitrogens is 2. The number of nitrogens with zero attached hydrogens (tertiary/aromatic N) is 2. The van der Waals surface area contributed by atoms with Crippen molar-refractivity contribution < 1.29 is 4.74 Å². The van der Waals surface area contributed by atoms with Crippen LogP contribution in [0.15, 0.2) is 30.3 Å². The molecule has 0 saturated heterocycles. The van der Waals surface area contributed by atoms with Crippen LogP contribution in [0.3, 0.4) is 0 Å². The maximum Gasteiger partial charge on any atom is 0.161 e. The molecule has 0 spiro atoms. The molecule has 21 heavy (non-hydrogen) atoms. The van der Waals surface area contributed by atoms with E-state index in [1.54, 1.807) is 7.11 Å². The second-order valence-electron chi connectivity index (χ2n) is 6.09. The molecule has 0 aliphatic heterocycles. The Morgan fingerprint density at radius 3 is 2.29 bits per heavy atom. The molecule has 0 aliphatic carbocycles. The van der Waals surface area contributed by atoms with E-state index in [0.717, 1.165) is 28.5 Å². The lowest BCUT2D eigenvalue weighted by Gasteiger charge is -2.19. The highest BCUT2D eigenvalue weighted by Gasteiger charge is 2.18. The summed E-state index contributed by atoms with van der Waals surface area (Å²) < 4.78 is 5.13. The van der Waals surface area contributed by atoms with Gasteiger partial charge in [-0.15, -0.1) is 0 Å². The molecule has 112 valence electrons. The van der Waals surface area contributed by atoms with E-state index < -0.39 is 0 Å². The van der Waals surface area contributed by atoms with Crippen molar-refractivity contribution in [3.05, 3.63) is 41.6 Å². The molecular formula is C17H23N3O. The third kappa shape index (κ3) is 3.79. The third-order valence-electron chi connectivity index (χ3n) is 3.27. The topological polar surface area (TPSA) is 47.0 Å². The van der Waals surface area contributed by atoms with Gasteiger partial charge in [0.2, 0.25) is 0 Å². The number of benzene rings is 1. The molecule has 0 fully saturated rings. The van der Waals surface area contributed by atoms with Crippen LogP contribution in [-0.4, -0.2) is 24.1 Å². The lowest BCUT2D eigenvalue weighted by Crippen LogP contribution is -2.15.